The molecule has 0 spiro atoms. The average Bonchev–Trinajstić information content (AvgIpc) is 2.64. The second kappa shape index (κ2) is 7.08. The minimum atomic E-state index is -0.503. The molecule has 0 aromatic carbocycles. The van der Waals surface area contributed by atoms with Gasteiger partial charge in [0.05, 0.1) is 12.6 Å². The second-order valence-corrected chi connectivity index (χ2v) is 5.08. The molecule has 108 valence electrons. The third-order valence-corrected chi connectivity index (χ3v) is 2.86. The van der Waals surface area contributed by atoms with Crippen LogP contribution in [-0.2, 0) is 9.59 Å². The fraction of sp³-hybridized carbons (Fsp3) is 0.750. The zero-order valence-electron chi connectivity index (χ0n) is 11.4. The van der Waals surface area contributed by atoms with Gasteiger partial charge in [-0.1, -0.05) is 13.8 Å². The number of nitrogens with zero attached hydrogens (tertiary/aromatic N) is 1. The Bertz CT molecular complexity index is 341. The van der Waals surface area contributed by atoms with E-state index in [1.165, 1.54) is 0 Å². The highest BCUT2D eigenvalue weighted by Gasteiger charge is 2.27. The van der Waals surface area contributed by atoms with Crippen molar-refractivity contribution in [1.29, 1.82) is 0 Å². The predicted octanol–water partition coefficient (Wildman–Crippen LogP) is -0.582. The van der Waals surface area contributed by atoms with Gasteiger partial charge in [-0.2, -0.15) is 0 Å². The van der Waals surface area contributed by atoms with Gasteiger partial charge in [0.25, 0.3) is 0 Å². The van der Waals surface area contributed by atoms with Crippen molar-refractivity contribution in [3.8, 4) is 0 Å². The van der Waals surface area contributed by atoms with Gasteiger partial charge in [-0.15, -0.1) is 0 Å². The Labute approximate surface area is 112 Å². The van der Waals surface area contributed by atoms with E-state index in [1.54, 1.807) is 0 Å². The molecule has 7 heteroatoms. The SMILES string of the molecule is CC(C)C[C@H](N)C(=O)NCCCN1C(=O)CNC1=O. The van der Waals surface area contributed by atoms with Crippen LogP contribution in [0, 0.1) is 5.92 Å². The van der Waals surface area contributed by atoms with Gasteiger partial charge in [-0.3, -0.25) is 14.5 Å². The first-order chi connectivity index (χ1) is 8.91. The van der Waals surface area contributed by atoms with Crippen molar-refractivity contribution in [2.24, 2.45) is 11.7 Å². The van der Waals surface area contributed by atoms with Gasteiger partial charge >= 0.3 is 6.03 Å². The van der Waals surface area contributed by atoms with Gasteiger partial charge in [0.2, 0.25) is 11.8 Å². The Morgan fingerprint density at radius 2 is 2.16 bits per heavy atom. The summed E-state index contributed by atoms with van der Waals surface area (Å²) in [5, 5.41) is 5.15. The van der Waals surface area contributed by atoms with E-state index in [0.717, 1.165) is 4.90 Å². The first-order valence-electron chi connectivity index (χ1n) is 6.53. The van der Waals surface area contributed by atoms with E-state index >= 15 is 0 Å². The van der Waals surface area contributed by atoms with Crippen LogP contribution in [0.25, 0.3) is 0 Å². The number of imide groups is 1. The van der Waals surface area contributed by atoms with Crippen LogP contribution in [-0.4, -0.2) is 48.4 Å². The fourth-order valence-corrected chi connectivity index (χ4v) is 1.88. The van der Waals surface area contributed by atoms with E-state index in [9.17, 15) is 14.4 Å². The number of rotatable bonds is 7. The minimum absolute atomic E-state index is 0.0600. The zero-order valence-corrected chi connectivity index (χ0v) is 11.4. The summed E-state index contributed by atoms with van der Waals surface area (Å²) in [6, 6.07) is -0.871. The molecule has 0 saturated carbocycles. The lowest BCUT2D eigenvalue weighted by Crippen LogP contribution is -2.42. The first-order valence-corrected chi connectivity index (χ1v) is 6.53. The molecular formula is C12H22N4O3. The van der Waals surface area contributed by atoms with Crippen LogP contribution in [0.1, 0.15) is 26.7 Å². The second-order valence-electron chi connectivity index (χ2n) is 5.08. The molecule has 1 rings (SSSR count). The van der Waals surface area contributed by atoms with E-state index in [2.05, 4.69) is 10.6 Å². The van der Waals surface area contributed by atoms with Crippen molar-refractivity contribution in [2.45, 2.75) is 32.7 Å². The predicted molar refractivity (Wildman–Crippen MR) is 70.2 cm³/mol. The number of carbonyl (C=O) groups excluding carboxylic acids is 3. The Balaban J connectivity index is 2.18. The van der Waals surface area contributed by atoms with Gasteiger partial charge in [0.15, 0.2) is 0 Å². The maximum absolute atomic E-state index is 11.6. The lowest BCUT2D eigenvalue weighted by atomic mass is 10.0. The monoisotopic (exact) mass is 270 g/mol. The first kappa shape index (κ1) is 15.4. The maximum Gasteiger partial charge on any atom is 0.324 e. The van der Waals surface area contributed by atoms with Crippen LogP contribution < -0.4 is 16.4 Å². The number of hydrogen-bond acceptors (Lipinski definition) is 4. The van der Waals surface area contributed by atoms with Crippen molar-refractivity contribution in [2.75, 3.05) is 19.6 Å². The molecule has 1 heterocycles. The molecule has 0 aromatic rings. The Kier molecular flexibility index (Phi) is 5.75. The summed E-state index contributed by atoms with van der Waals surface area (Å²) >= 11 is 0. The summed E-state index contributed by atoms with van der Waals surface area (Å²) in [6.45, 7) is 4.78. The van der Waals surface area contributed by atoms with Gasteiger partial charge in [-0.25, -0.2) is 4.79 Å². The van der Waals surface area contributed by atoms with Crippen molar-refractivity contribution >= 4 is 17.8 Å². The van der Waals surface area contributed by atoms with Crippen molar-refractivity contribution in [3.05, 3.63) is 0 Å². The number of nitrogens with one attached hydrogen (secondary N) is 2. The van der Waals surface area contributed by atoms with Crippen LogP contribution in [0.4, 0.5) is 4.79 Å². The lowest BCUT2D eigenvalue weighted by Gasteiger charge is -2.15. The molecule has 1 atom stereocenters. The molecule has 0 radical (unpaired) electrons. The number of amides is 4. The van der Waals surface area contributed by atoms with Crippen molar-refractivity contribution < 1.29 is 14.4 Å². The molecule has 1 aliphatic rings. The van der Waals surface area contributed by atoms with Gasteiger partial charge in [-0.05, 0) is 18.8 Å². The molecule has 1 aliphatic heterocycles. The highest BCUT2D eigenvalue weighted by Crippen LogP contribution is 2.03. The van der Waals surface area contributed by atoms with Gasteiger partial charge in [0, 0.05) is 13.1 Å². The van der Waals surface area contributed by atoms with E-state index < -0.39 is 6.04 Å². The summed E-state index contributed by atoms with van der Waals surface area (Å²) in [5.41, 5.74) is 5.73. The van der Waals surface area contributed by atoms with Gasteiger partial charge in [0.1, 0.15) is 0 Å². The van der Waals surface area contributed by atoms with E-state index in [0.29, 0.717) is 31.8 Å². The molecule has 0 bridgehead atoms. The van der Waals surface area contributed by atoms with Crippen LogP contribution in [0.2, 0.25) is 0 Å². The Morgan fingerprint density at radius 3 is 2.68 bits per heavy atom. The number of urea groups is 1. The van der Waals surface area contributed by atoms with Crippen molar-refractivity contribution in [1.82, 2.24) is 15.5 Å². The molecule has 7 nitrogen and oxygen atoms in total. The summed E-state index contributed by atoms with van der Waals surface area (Å²) < 4.78 is 0. The summed E-state index contributed by atoms with van der Waals surface area (Å²) in [5.74, 6) is -0.0506. The smallest absolute Gasteiger partial charge is 0.324 e. The summed E-state index contributed by atoms with van der Waals surface area (Å²) in [6.07, 6.45) is 1.16. The lowest BCUT2D eigenvalue weighted by molar-refractivity contribution is -0.125. The Morgan fingerprint density at radius 1 is 1.47 bits per heavy atom. The molecule has 1 fully saturated rings. The van der Waals surface area contributed by atoms with E-state index in [-0.39, 0.29) is 24.4 Å². The van der Waals surface area contributed by atoms with Crippen LogP contribution in [0.15, 0.2) is 0 Å². The molecule has 4 N–H and O–H groups in total. The molecule has 0 unspecified atom stereocenters. The average molecular weight is 270 g/mol. The normalized spacial score (nSPS) is 16.7. The van der Waals surface area contributed by atoms with Gasteiger partial charge < -0.3 is 16.4 Å². The zero-order chi connectivity index (χ0) is 14.4. The molecule has 19 heavy (non-hydrogen) atoms. The number of carbonyl (C=O) groups is 3. The van der Waals surface area contributed by atoms with Crippen LogP contribution in [0.3, 0.4) is 0 Å². The third-order valence-electron chi connectivity index (χ3n) is 2.86. The standard InChI is InChI=1S/C12H22N4O3/c1-8(2)6-9(13)11(18)14-4-3-5-16-10(17)7-15-12(16)19/h8-9H,3-7,13H2,1-2H3,(H,14,18)(H,15,19)/t9-/m0/s1. The van der Waals surface area contributed by atoms with Crippen LogP contribution >= 0.6 is 0 Å². The number of hydrogen-bond donors (Lipinski definition) is 3. The Hall–Kier alpha value is -1.63. The quantitative estimate of drug-likeness (QED) is 0.425. The van der Waals surface area contributed by atoms with Crippen molar-refractivity contribution in [3.63, 3.8) is 0 Å². The number of nitrogens with two attached hydrogens (primary N) is 1. The highest BCUT2D eigenvalue weighted by atomic mass is 16.2. The fourth-order valence-electron chi connectivity index (χ4n) is 1.88. The summed E-state index contributed by atoms with van der Waals surface area (Å²) in [4.78, 5) is 35.3. The third kappa shape index (κ3) is 4.86. The van der Waals surface area contributed by atoms with Crippen LogP contribution in [0.5, 0.6) is 0 Å². The van der Waals surface area contributed by atoms with E-state index in [1.807, 2.05) is 13.8 Å². The summed E-state index contributed by atoms with van der Waals surface area (Å²) in [7, 11) is 0. The highest BCUT2D eigenvalue weighted by molar-refractivity contribution is 6.01. The topological polar surface area (TPSA) is 105 Å². The molecule has 1 saturated heterocycles. The van der Waals surface area contributed by atoms with E-state index in [4.69, 9.17) is 5.73 Å². The maximum atomic E-state index is 11.6. The molecule has 0 aromatic heterocycles. The molecule has 4 amide bonds. The largest absolute Gasteiger partial charge is 0.355 e. The molecule has 0 aliphatic carbocycles. The molecular weight excluding hydrogens is 248 g/mol. The minimum Gasteiger partial charge on any atom is -0.355 e.